The molecule has 4 nitrogen and oxygen atoms in total. The molecule has 0 radical (unpaired) electrons. The van der Waals surface area contributed by atoms with Crippen molar-refractivity contribution in [2.24, 2.45) is 11.3 Å². The second-order valence-corrected chi connectivity index (χ2v) is 13.7. The first-order valence-electron chi connectivity index (χ1n) is 16.1. The molecule has 1 aliphatic carbocycles. The Hall–Kier alpha value is -3.37. The predicted molar refractivity (Wildman–Crippen MR) is 180 cm³/mol. The number of hydrogen-bond acceptors (Lipinski definition) is 4. The summed E-state index contributed by atoms with van der Waals surface area (Å²) in [5, 5.41) is 0. The van der Waals surface area contributed by atoms with E-state index >= 15 is 0 Å². The lowest BCUT2D eigenvalue weighted by atomic mass is 9.79. The van der Waals surface area contributed by atoms with Crippen molar-refractivity contribution in [3.63, 3.8) is 0 Å². The first-order chi connectivity index (χ1) is 20.5. The highest BCUT2D eigenvalue weighted by Gasteiger charge is 2.24. The topological polar surface area (TPSA) is 38.8 Å². The van der Waals surface area contributed by atoms with Gasteiger partial charge in [-0.1, -0.05) is 94.5 Å². The van der Waals surface area contributed by atoms with Gasteiger partial charge in [-0.3, -0.25) is 4.79 Å². The van der Waals surface area contributed by atoms with E-state index < -0.39 is 5.41 Å². The van der Waals surface area contributed by atoms with Gasteiger partial charge in [-0.15, -0.1) is 0 Å². The summed E-state index contributed by atoms with van der Waals surface area (Å²) in [5.74, 6) is 2.38. The lowest BCUT2D eigenvalue weighted by molar-refractivity contribution is -0.143. The minimum Gasteiger partial charge on any atom is -0.492 e. The van der Waals surface area contributed by atoms with Crippen molar-refractivity contribution >= 4 is 17.1 Å². The maximum absolute atomic E-state index is 12.6. The van der Waals surface area contributed by atoms with Crippen LogP contribution in [0.25, 0.3) is 11.1 Å². The van der Waals surface area contributed by atoms with E-state index in [9.17, 15) is 4.79 Å². The van der Waals surface area contributed by atoms with Crippen LogP contribution >= 0.6 is 0 Å². The number of carbonyl (C=O) groups is 1. The van der Waals surface area contributed by atoms with Gasteiger partial charge in [-0.25, -0.2) is 0 Å². The van der Waals surface area contributed by atoms with Crippen LogP contribution in [-0.4, -0.2) is 38.1 Å². The van der Waals surface area contributed by atoms with Gasteiger partial charge in [-0.2, -0.15) is 0 Å². The molecule has 0 N–H and O–H groups in total. The van der Waals surface area contributed by atoms with E-state index in [1.165, 1.54) is 54.4 Å². The zero-order valence-corrected chi connectivity index (χ0v) is 27.4. The van der Waals surface area contributed by atoms with Gasteiger partial charge in [0.25, 0.3) is 0 Å². The number of hydrogen-bond donors (Lipinski definition) is 0. The molecule has 3 aromatic rings. The number of allylic oxidation sites excluding steroid dienone is 1. The second kappa shape index (κ2) is 14.9. The molecule has 0 atom stereocenters. The van der Waals surface area contributed by atoms with Crippen molar-refractivity contribution < 1.29 is 14.3 Å². The van der Waals surface area contributed by atoms with Crippen molar-refractivity contribution in [1.29, 1.82) is 0 Å². The molecular formula is C39H51NO3. The van der Waals surface area contributed by atoms with Crippen LogP contribution in [0.15, 0.2) is 72.8 Å². The largest absolute Gasteiger partial charge is 0.492 e. The molecule has 0 heterocycles. The first-order valence-corrected chi connectivity index (χ1v) is 16.1. The number of nitrogens with zero attached hydrogens (tertiary/aromatic N) is 1. The van der Waals surface area contributed by atoms with E-state index in [0.29, 0.717) is 24.2 Å². The van der Waals surface area contributed by atoms with Crippen molar-refractivity contribution in [1.82, 2.24) is 4.90 Å². The Morgan fingerprint density at radius 3 is 1.84 bits per heavy atom. The van der Waals surface area contributed by atoms with E-state index in [4.69, 9.17) is 9.47 Å². The molecular weight excluding hydrogens is 530 g/mol. The van der Waals surface area contributed by atoms with Crippen molar-refractivity contribution in [2.75, 3.05) is 27.2 Å². The van der Waals surface area contributed by atoms with Crippen LogP contribution in [0.4, 0.5) is 0 Å². The van der Waals surface area contributed by atoms with Crippen LogP contribution in [-0.2, 0) is 4.79 Å². The van der Waals surface area contributed by atoms with E-state index in [1.54, 1.807) is 0 Å². The normalized spacial score (nSPS) is 15.0. The van der Waals surface area contributed by atoms with Crippen molar-refractivity contribution in [3.05, 3.63) is 95.1 Å². The SMILES string of the molecule is CC(C)c1ccc(/C(CC2CCCCC2)=C(\c2ccc(OCCN(C)C)cc2)c2ccc(OC(=O)C(C)(C)C)cc2)cc1. The molecule has 1 fully saturated rings. The number of rotatable bonds is 11. The van der Waals surface area contributed by atoms with Gasteiger partial charge in [-0.05, 0) is 111 Å². The molecule has 0 spiro atoms. The average Bonchev–Trinajstić information content (AvgIpc) is 2.98. The van der Waals surface area contributed by atoms with Gasteiger partial charge in [0.05, 0.1) is 5.41 Å². The molecule has 0 unspecified atom stereocenters. The molecule has 4 heteroatoms. The summed E-state index contributed by atoms with van der Waals surface area (Å²) in [6.45, 7) is 11.6. The van der Waals surface area contributed by atoms with Gasteiger partial charge in [0.15, 0.2) is 0 Å². The summed E-state index contributed by atoms with van der Waals surface area (Å²) in [5.41, 5.74) is 6.97. The Morgan fingerprint density at radius 1 is 0.791 bits per heavy atom. The molecule has 0 aliphatic heterocycles. The molecule has 0 bridgehead atoms. The zero-order chi connectivity index (χ0) is 31.0. The maximum atomic E-state index is 12.6. The number of esters is 1. The van der Waals surface area contributed by atoms with Gasteiger partial charge in [0, 0.05) is 6.54 Å². The molecule has 0 aromatic heterocycles. The van der Waals surface area contributed by atoms with E-state index in [0.717, 1.165) is 29.8 Å². The molecule has 3 aromatic carbocycles. The number of carbonyl (C=O) groups excluding carboxylic acids is 1. The van der Waals surface area contributed by atoms with Crippen LogP contribution in [0.5, 0.6) is 11.5 Å². The van der Waals surface area contributed by atoms with Crippen LogP contribution < -0.4 is 9.47 Å². The number of ether oxygens (including phenoxy) is 2. The Morgan fingerprint density at radius 2 is 1.33 bits per heavy atom. The first kappa shape index (κ1) is 32.5. The standard InChI is InChI=1S/C39H51NO3/c1-28(2)30-13-15-31(16-14-30)36(27-29-11-9-8-10-12-29)37(32-17-21-34(22-18-32)42-26-25-40(6)7)33-19-23-35(24-20-33)43-38(41)39(3,4)5/h13-24,28-29H,8-12,25-27H2,1-7H3/b37-36+. The summed E-state index contributed by atoms with van der Waals surface area (Å²) >= 11 is 0. The summed E-state index contributed by atoms with van der Waals surface area (Å²) < 4.78 is 11.7. The molecule has 0 amide bonds. The van der Waals surface area contributed by atoms with Crippen molar-refractivity contribution in [3.8, 4) is 11.5 Å². The van der Waals surface area contributed by atoms with E-state index in [2.05, 4.69) is 93.5 Å². The Bertz CT molecular complexity index is 1340. The minimum absolute atomic E-state index is 0.232. The van der Waals surface area contributed by atoms with Crippen LogP contribution in [0.1, 0.15) is 101 Å². The average molecular weight is 582 g/mol. The van der Waals surface area contributed by atoms with E-state index in [-0.39, 0.29) is 5.97 Å². The highest BCUT2D eigenvalue weighted by atomic mass is 16.5. The zero-order valence-electron chi connectivity index (χ0n) is 27.4. The summed E-state index contributed by atoms with van der Waals surface area (Å²) in [7, 11) is 4.11. The van der Waals surface area contributed by atoms with Gasteiger partial charge < -0.3 is 14.4 Å². The molecule has 43 heavy (non-hydrogen) atoms. The molecule has 4 rings (SSSR count). The molecule has 1 aliphatic rings. The van der Waals surface area contributed by atoms with E-state index in [1.807, 2.05) is 32.9 Å². The highest BCUT2D eigenvalue weighted by Crippen LogP contribution is 2.40. The lowest BCUT2D eigenvalue weighted by Crippen LogP contribution is -2.25. The third kappa shape index (κ3) is 9.31. The smallest absolute Gasteiger partial charge is 0.316 e. The molecule has 1 saturated carbocycles. The predicted octanol–water partition coefficient (Wildman–Crippen LogP) is 9.63. The summed E-state index contributed by atoms with van der Waals surface area (Å²) in [6.07, 6.45) is 7.56. The highest BCUT2D eigenvalue weighted by molar-refractivity contribution is 5.99. The summed E-state index contributed by atoms with van der Waals surface area (Å²) in [6, 6.07) is 25.8. The lowest BCUT2D eigenvalue weighted by Gasteiger charge is -2.26. The minimum atomic E-state index is -0.560. The Labute approximate surface area is 260 Å². The van der Waals surface area contributed by atoms with Gasteiger partial charge >= 0.3 is 5.97 Å². The fourth-order valence-corrected chi connectivity index (χ4v) is 5.64. The van der Waals surface area contributed by atoms with Gasteiger partial charge in [0.1, 0.15) is 18.1 Å². The van der Waals surface area contributed by atoms with Gasteiger partial charge in [0.2, 0.25) is 0 Å². The molecule has 230 valence electrons. The Kier molecular flexibility index (Phi) is 11.3. The van der Waals surface area contributed by atoms with Crippen LogP contribution in [0, 0.1) is 11.3 Å². The fraction of sp³-hybridized carbons (Fsp3) is 0.462. The third-order valence-electron chi connectivity index (χ3n) is 8.36. The summed E-state index contributed by atoms with van der Waals surface area (Å²) in [4.78, 5) is 14.7. The monoisotopic (exact) mass is 581 g/mol. The second-order valence-electron chi connectivity index (χ2n) is 13.7. The third-order valence-corrected chi connectivity index (χ3v) is 8.36. The molecule has 0 saturated heterocycles. The Balaban J connectivity index is 1.80. The van der Waals surface area contributed by atoms with Crippen molar-refractivity contribution in [2.45, 2.75) is 79.1 Å². The number of likely N-dealkylation sites (N-methyl/N-ethyl adjacent to an activating group) is 1. The maximum Gasteiger partial charge on any atom is 0.316 e. The van der Waals surface area contributed by atoms with Crippen LogP contribution in [0.2, 0.25) is 0 Å². The quantitative estimate of drug-likeness (QED) is 0.128. The number of benzene rings is 3. The fourth-order valence-electron chi connectivity index (χ4n) is 5.64. The van der Waals surface area contributed by atoms with Crippen LogP contribution in [0.3, 0.4) is 0 Å².